The van der Waals surface area contributed by atoms with Crippen LogP contribution in [-0.2, 0) is 14.3 Å². The average Bonchev–Trinajstić information content (AvgIpc) is 2.67. The Kier molecular flexibility index (Phi) is 6.52. The van der Waals surface area contributed by atoms with Crippen LogP contribution in [0.25, 0.3) is 6.08 Å². The number of anilines is 1. The summed E-state index contributed by atoms with van der Waals surface area (Å²) >= 11 is 0. The summed E-state index contributed by atoms with van der Waals surface area (Å²) in [6, 6.07) is 15.5. The van der Waals surface area contributed by atoms with Crippen molar-refractivity contribution in [3.05, 3.63) is 65.7 Å². The molecule has 0 saturated carbocycles. The van der Waals surface area contributed by atoms with Crippen LogP contribution in [0.4, 0.5) is 5.69 Å². The van der Waals surface area contributed by atoms with Gasteiger partial charge in [0, 0.05) is 11.8 Å². The van der Waals surface area contributed by atoms with Gasteiger partial charge in [0.25, 0.3) is 5.91 Å². The Morgan fingerprint density at radius 2 is 1.77 bits per heavy atom. The van der Waals surface area contributed by atoms with E-state index in [2.05, 4.69) is 5.32 Å². The Bertz CT molecular complexity index is 834. The molecule has 2 aromatic rings. The van der Waals surface area contributed by atoms with Crippen LogP contribution in [0.5, 0.6) is 5.75 Å². The lowest BCUT2D eigenvalue weighted by atomic mass is 10.2. The molecule has 1 atom stereocenters. The Hall–Kier alpha value is -3.59. The van der Waals surface area contributed by atoms with E-state index in [0.29, 0.717) is 11.3 Å². The SMILES string of the molecule is COc1ccc(/C=C/C(=O)O[C@H](C)C(=O)Nc2ccc(C#N)cc2)cc1. The van der Waals surface area contributed by atoms with Gasteiger partial charge in [0.2, 0.25) is 0 Å². The molecular formula is C20H18N2O4. The molecule has 6 heteroatoms. The van der Waals surface area contributed by atoms with Gasteiger partial charge in [-0.05, 0) is 55.0 Å². The third kappa shape index (κ3) is 5.49. The van der Waals surface area contributed by atoms with E-state index in [9.17, 15) is 9.59 Å². The largest absolute Gasteiger partial charge is 0.497 e. The predicted octanol–water partition coefficient (Wildman–Crippen LogP) is 3.15. The zero-order valence-corrected chi connectivity index (χ0v) is 14.4. The maximum Gasteiger partial charge on any atom is 0.331 e. The molecule has 26 heavy (non-hydrogen) atoms. The maximum absolute atomic E-state index is 12.1. The van der Waals surface area contributed by atoms with E-state index < -0.39 is 18.0 Å². The molecule has 0 aliphatic carbocycles. The van der Waals surface area contributed by atoms with Crippen molar-refractivity contribution in [3.8, 4) is 11.8 Å². The fourth-order valence-electron chi connectivity index (χ4n) is 2.02. The molecule has 1 amide bonds. The Labute approximate surface area is 151 Å². The van der Waals surface area contributed by atoms with Gasteiger partial charge in [0.1, 0.15) is 5.75 Å². The van der Waals surface area contributed by atoms with Crippen LogP contribution in [0.15, 0.2) is 54.6 Å². The molecule has 0 aliphatic heterocycles. The van der Waals surface area contributed by atoms with Gasteiger partial charge in [0.05, 0.1) is 18.7 Å². The van der Waals surface area contributed by atoms with Crippen LogP contribution in [-0.4, -0.2) is 25.1 Å². The van der Waals surface area contributed by atoms with E-state index >= 15 is 0 Å². The highest BCUT2D eigenvalue weighted by molar-refractivity contribution is 5.96. The normalized spacial score (nSPS) is 11.4. The van der Waals surface area contributed by atoms with Gasteiger partial charge >= 0.3 is 5.97 Å². The lowest BCUT2D eigenvalue weighted by Crippen LogP contribution is -2.29. The van der Waals surface area contributed by atoms with E-state index in [1.807, 2.05) is 6.07 Å². The zero-order valence-electron chi connectivity index (χ0n) is 14.4. The third-order valence-corrected chi connectivity index (χ3v) is 3.47. The van der Waals surface area contributed by atoms with Crippen molar-refractivity contribution < 1.29 is 19.1 Å². The van der Waals surface area contributed by atoms with Crippen LogP contribution in [0, 0.1) is 11.3 Å². The number of hydrogen-bond acceptors (Lipinski definition) is 5. The summed E-state index contributed by atoms with van der Waals surface area (Å²) in [6.07, 6.45) is 1.89. The molecule has 0 fully saturated rings. The lowest BCUT2D eigenvalue weighted by molar-refractivity contribution is -0.148. The minimum absolute atomic E-state index is 0.457. The molecule has 2 aromatic carbocycles. The first-order chi connectivity index (χ1) is 12.5. The molecular weight excluding hydrogens is 332 g/mol. The van der Waals surface area contributed by atoms with Crippen molar-refractivity contribution in [1.29, 1.82) is 5.26 Å². The average molecular weight is 350 g/mol. The number of esters is 1. The standard InChI is InChI=1S/C20H18N2O4/c1-14(20(24)22-17-8-3-16(13-21)4-9-17)26-19(23)12-7-15-5-10-18(25-2)11-6-15/h3-12,14H,1-2H3,(H,22,24)/b12-7+/t14-/m1/s1. The van der Waals surface area contributed by atoms with E-state index in [0.717, 1.165) is 11.3 Å². The number of hydrogen-bond donors (Lipinski definition) is 1. The molecule has 0 saturated heterocycles. The number of rotatable bonds is 6. The Balaban J connectivity index is 1.87. The second-order valence-corrected chi connectivity index (χ2v) is 5.36. The summed E-state index contributed by atoms with van der Waals surface area (Å²) < 4.78 is 10.1. The second-order valence-electron chi connectivity index (χ2n) is 5.36. The molecule has 6 nitrogen and oxygen atoms in total. The first-order valence-electron chi connectivity index (χ1n) is 7.85. The van der Waals surface area contributed by atoms with Crippen molar-refractivity contribution in [3.63, 3.8) is 0 Å². The van der Waals surface area contributed by atoms with E-state index in [1.165, 1.54) is 13.0 Å². The molecule has 2 rings (SSSR count). The number of benzene rings is 2. The molecule has 1 N–H and O–H groups in total. The van der Waals surface area contributed by atoms with Crippen molar-refractivity contribution in [2.75, 3.05) is 12.4 Å². The summed E-state index contributed by atoms with van der Waals surface area (Å²) in [5.74, 6) is -0.359. The minimum atomic E-state index is -0.960. The quantitative estimate of drug-likeness (QED) is 0.639. The van der Waals surface area contributed by atoms with Crippen molar-refractivity contribution in [2.45, 2.75) is 13.0 Å². The minimum Gasteiger partial charge on any atom is -0.497 e. The predicted molar refractivity (Wildman–Crippen MR) is 97.4 cm³/mol. The van der Waals surface area contributed by atoms with Gasteiger partial charge in [-0.15, -0.1) is 0 Å². The highest BCUT2D eigenvalue weighted by atomic mass is 16.5. The number of carbonyl (C=O) groups excluding carboxylic acids is 2. The molecule has 0 bridgehead atoms. The first-order valence-corrected chi connectivity index (χ1v) is 7.85. The fourth-order valence-corrected chi connectivity index (χ4v) is 2.02. The highest BCUT2D eigenvalue weighted by Gasteiger charge is 2.16. The van der Waals surface area contributed by atoms with Gasteiger partial charge in [-0.2, -0.15) is 5.26 Å². The van der Waals surface area contributed by atoms with Crippen LogP contribution < -0.4 is 10.1 Å². The molecule has 0 unspecified atom stereocenters. The van der Waals surface area contributed by atoms with Crippen LogP contribution in [0.2, 0.25) is 0 Å². The fraction of sp³-hybridized carbons (Fsp3) is 0.150. The first kappa shape index (κ1) is 18.7. The van der Waals surface area contributed by atoms with Crippen LogP contribution in [0.1, 0.15) is 18.1 Å². The van der Waals surface area contributed by atoms with E-state index in [1.54, 1.807) is 61.7 Å². The smallest absolute Gasteiger partial charge is 0.331 e. The maximum atomic E-state index is 12.1. The Morgan fingerprint density at radius 1 is 1.12 bits per heavy atom. The van der Waals surface area contributed by atoms with Gasteiger partial charge in [-0.25, -0.2) is 4.79 Å². The molecule has 132 valence electrons. The van der Waals surface area contributed by atoms with Gasteiger partial charge in [-0.1, -0.05) is 12.1 Å². The summed E-state index contributed by atoms with van der Waals surface area (Å²) in [4.78, 5) is 23.9. The van der Waals surface area contributed by atoms with Crippen molar-refractivity contribution >= 4 is 23.6 Å². The van der Waals surface area contributed by atoms with Gasteiger partial charge < -0.3 is 14.8 Å². The number of nitrogens with zero attached hydrogens (tertiary/aromatic N) is 1. The third-order valence-electron chi connectivity index (χ3n) is 3.47. The molecule has 0 aromatic heterocycles. The Morgan fingerprint density at radius 3 is 2.35 bits per heavy atom. The number of ether oxygens (including phenoxy) is 2. The summed E-state index contributed by atoms with van der Waals surface area (Å²) in [5, 5.41) is 11.4. The number of amides is 1. The number of nitrogens with one attached hydrogen (secondary N) is 1. The molecule has 0 radical (unpaired) electrons. The second kappa shape index (κ2) is 9.04. The lowest BCUT2D eigenvalue weighted by Gasteiger charge is -2.12. The van der Waals surface area contributed by atoms with E-state index in [4.69, 9.17) is 14.7 Å². The highest BCUT2D eigenvalue weighted by Crippen LogP contribution is 2.13. The number of nitriles is 1. The summed E-state index contributed by atoms with van der Waals surface area (Å²) in [7, 11) is 1.58. The van der Waals surface area contributed by atoms with E-state index in [-0.39, 0.29) is 0 Å². The van der Waals surface area contributed by atoms with Crippen molar-refractivity contribution in [2.24, 2.45) is 0 Å². The molecule has 0 spiro atoms. The number of methoxy groups -OCH3 is 1. The number of carbonyl (C=O) groups is 2. The zero-order chi connectivity index (χ0) is 18.9. The van der Waals surface area contributed by atoms with Crippen LogP contribution >= 0.6 is 0 Å². The van der Waals surface area contributed by atoms with Crippen molar-refractivity contribution in [1.82, 2.24) is 0 Å². The molecule has 0 heterocycles. The molecule has 0 aliphatic rings. The summed E-state index contributed by atoms with van der Waals surface area (Å²) in [5.41, 5.74) is 1.81. The van der Waals surface area contributed by atoms with Gasteiger partial charge in [0.15, 0.2) is 6.10 Å². The van der Waals surface area contributed by atoms with Gasteiger partial charge in [-0.3, -0.25) is 4.79 Å². The topological polar surface area (TPSA) is 88.4 Å². The van der Waals surface area contributed by atoms with Crippen LogP contribution in [0.3, 0.4) is 0 Å². The monoisotopic (exact) mass is 350 g/mol. The summed E-state index contributed by atoms with van der Waals surface area (Å²) in [6.45, 7) is 1.48.